The molecular formula is C18H24ClNO4. The molecule has 2 rings (SSSR count). The van der Waals surface area contributed by atoms with Crippen molar-refractivity contribution in [3.05, 3.63) is 28.8 Å². The van der Waals surface area contributed by atoms with Gasteiger partial charge in [0.05, 0.1) is 23.5 Å². The van der Waals surface area contributed by atoms with Crippen LogP contribution < -0.4 is 10.1 Å². The lowest BCUT2D eigenvalue weighted by Crippen LogP contribution is -2.44. The molecular weight excluding hydrogens is 330 g/mol. The van der Waals surface area contributed by atoms with Crippen LogP contribution in [0.3, 0.4) is 0 Å². The maximum Gasteiger partial charge on any atom is 0.311 e. The lowest BCUT2D eigenvalue weighted by atomic mass is 9.74. The van der Waals surface area contributed by atoms with Gasteiger partial charge in [0, 0.05) is 12.1 Å². The zero-order valence-corrected chi connectivity index (χ0v) is 14.7. The molecule has 1 aliphatic carbocycles. The minimum Gasteiger partial charge on any atom is -0.492 e. The lowest BCUT2D eigenvalue weighted by molar-refractivity contribution is -0.151. The molecule has 1 saturated carbocycles. The molecule has 6 heteroatoms. The Morgan fingerprint density at radius 1 is 1.29 bits per heavy atom. The van der Waals surface area contributed by atoms with Gasteiger partial charge in [0.15, 0.2) is 0 Å². The number of hydrogen-bond donors (Lipinski definition) is 2. The second-order valence-electron chi connectivity index (χ2n) is 6.26. The highest BCUT2D eigenvalue weighted by molar-refractivity contribution is 6.32. The van der Waals surface area contributed by atoms with Crippen LogP contribution in [0, 0.1) is 5.41 Å². The van der Waals surface area contributed by atoms with Crippen LogP contribution in [0.5, 0.6) is 5.75 Å². The van der Waals surface area contributed by atoms with Gasteiger partial charge in [0.1, 0.15) is 5.75 Å². The highest BCUT2D eigenvalue weighted by Crippen LogP contribution is 2.36. The van der Waals surface area contributed by atoms with Gasteiger partial charge in [-0.25, -0.2) is 0 Å². The van der Waals surface area contributed by atoms with Crippen LogP contribution >= 0.6 is 11.6 Å². The maximum atomic E-state index is 12.3. The van der Waals surface area contributed by atoms with Crippen molar-refractivity contribution in [3.63, 3.8) is 0 Å². The van der Waals surface area contributed by atoms with E-state index in [1.165, 1.54) is 0 Å². The Hall–Kier alpha value is -1.75. The number of amides is 1. The van der Waals surface area contributed by atoms with E-state index in [4.69, 9.17) is 16.3 Å². The number of benzene rings is 1. The van der Waals surface area contributed by atoms with Gasteiger partial charge in [-0.15, -0.1) is 0 Å². The monoisotopic (exact) mass is 353 g/mol. The summed E-state index contributed by atoms with van der Waals surface area (Å²) >= 11 is 6.12. The average Bonchev–Trinajstić information content (AvgIpc) is 2.57. The molecule has 0 heterocycles. The van der Waals surface area contributed by atoms with Crippen molar-refractivity contribution in [2.45, 2.75) is 45.4 Å². The van der Waals surface area contributed by atoms with E-state index in [1.807, 2.05) is 6.92 Å². The fourth-order valence-electron chi connectivity index (χ4n) is 3.20. The van der Waals surface area contributed by atoms with Crippen molar-refractivity contribution >= 4 is 23.5 Å². The second-order valence-corrected chi connectivity index (χ2v) is 6.67. The number of carbonyl (C=O) groups is 2. The maximum absolute atomic E-state index is 12.3. The quantitative estimate of drug-likeness (QED) is 0.787. The lowest BCUT2D eigenvalue weighted by Gasteiger charge is -2.33. The predicted molar refractivity (Wildman–Crippen MR) is 92.5 cm³/mol. The smallest absolute Gasteiger partial charge is 0.311 e. The zero-order chi connectivity index (χ0) is 17.6. The first-order chi connectivity index (χ1) is 11.5. The number of rotatable bonds is 7. The second kappa shape index (κ2) is 8.38. The number of aliphatic carboxylic acids is 1. The van der Waals surface area contributed by atoms with E-state index in [2.05, 4.69) is 5.32 Å². The van der Waals surface area contributed by atoms with Gasteiger partial charge in [-0.05, 0) is 25.8 Å². The number of carboxylic acids is 1. The molecule has 0 aromatic heterocycles. The summed E-state index contributed by atoms with van der Waals surface area (Å²) in [4.78, 5) is 23.9. The van der Waals surface area contributed by atoms with Crippen molar-refractivity contribution in [1.29, 1.82) is 0 Å². The first-order valence-electron chi connectivity index (χ1n) is 8.39. The van der Waals surface area contributed by atoms with E-state index in [9.17, 15) is 14.7 Å². The molecule has 0 atom stereocenters. The van der Waals surface area contributed by atoms with Crippen LogP contribution in [0.1, 0.15) is 44.6 Å². The summed E-state index contributed by atoms with van der Waals surface area (Å²) in [6.07, 6.45) is 4.19. The molecule has 1 aromatic rings. The third-order valence-electron chi connectivity index (χ3n) is 4.58. The van der Waals surface area contributed by atoms with Gasteiger partial charge >= 0.3 is 5.97 Å². The number of hydrogen-bond acceptors (Lipinski definition) is 3. The fourth-order valence-corrected chi connectivity index (χ4v) is 3.45. The standard InChI is InChI=1S/C18H24ClNO4/c1-2-24-16-13(7-6-8-14(16)19)11-15(21)20-12-18(17(22)23)9-4-3-5-10-18/h6-8H,2-5,9-12H2,1H3,(H,20,21)(H,22,23). The van der Waals surface area contributed by atoms with Crippen LogP contribution in [0.15, 0.2) is 18.2 Å². The first-order valence-corrected chi connectivity index (χ1v) is 8.76. The van der Waals surface area contributed by atoms with Gasteiger partial charge in [0.25, 0.3) is 0 Å². The highest BCUT2D eigenvalue weighted by Gasteiger charge is 2.39. The molecule has 0 radical (unpaired) electrons. The Labute approximate surface area is 147 Å². The van der Waals surface area contributed by atoms with Crippen molar-refractivity contribution in [2.75, 3.05) is 13.2 Å². The van der Waals surface area contributed by atoms with Crippen LogP contribution in [-0.2, 0) is 16.0 Å². The Morgan fingerprint density at radius 2 is 2.00 bits per heavy atom. The molecule has 1 amide bonds. The Bertz CT molecular complexity index is 597. The van der Waals surface area contributed by atoms with Crippen LogP contribution in [0.4, 0.5) is 0 Å². The van der Waals surface area contributed by atoms with E-state index < -0.39 is 11.4 Å². The summed E-state index contributed by atoms with van der Waals surface area (Å²) in [6, 6.07) is 5.28. The number of nitrogens with one attached hydrogen (secondary N) is 1. The molecule has 24 heavy (non-hydrogen) atoms. The summed E-state index contributed by atoms with van der Waals surface area (Å²) < 4.78 is 5.52. The Balaban J connectivity index is 2.01. The van der Waals surface area contributed by atoms with Crippen LogP contribution in [0.25, 0.3) is 0 Å². The van der Waals surface area contributed by atoms with Gasteiger partial charge < -0.3 is 15.2 Å². The SMILES string of the molecule is CCOc1c(Cl)cccc1CC(=O)NCC1(C(=O)O)CCCCC1. The Morgan fingerprint density at radius 3 is 2.62 bits per heavy atom. The molecule has 1 aliphatic rings. The van der Waals surface area contributed by atoms with Crippen molar-refractivity contribution in [3.8, 4) is 5.75 Å². The van der Waals surface area contributed by atoms with Crippen molar-refractivity contribution < 1.29 is 19.4 Å². The summed E-state index contributed by atoms with van der Waals surface area (Å²) in [5.41, 5.74) is -0.125. The number of carboxylic acid groups (broad SMARTS) is 1. The van der Waals surface area contributed by atoms with Gasteiger partial charge in [-0.3, -0.25) is 9.59 Å². The van der Waals surface area contributed by atoms with Gasteiger partial charge in [0.2, 0.25) is 5.91 Å². The molecule has 0 aliphatic heterocycles. The summed E-state index contributed by atoms with van der Waals surface area (Å²) in [7, 11) is 0. The predicted octanol–water partition coefficient (Wildman–Crippen LogP) is 3.43. The van der Waals surface area contributed by atoms with Crippen LogP contribution in [-0.4, -0.2) is 30.1 Å². The number of carbonyl (C=O) groups excluding carboxylic acids is 1. The van der Waals surface area contributed by atoms with Gasteiger partial charge in [-0.2, -0.15) is 0 Å². The largest absolute Gasteiger partial charge is 0.492 e. The van der Waals surface area contributed by atoms with Gasteiger partial charge in [-0.1, -0.05) is 43.0 Å². The molecule has 5 nitrogen and oxygen atoms in total. The number of halogens is 1. The molecule has 0 unspecified atom stereocenters. The summed E-state index contributed by atoms with van der Waals surface area (Å²) in [6.45, 7) is 2.49. The highest BCUT2D eigenvalue weighted by atomic mass is 35.5. The van der Waals surface area contributed by atoms with E-state index in [1.54, 1.807) is 18.2 Å². The van der Waals surface area contributed by atoms with Crippen molar-refractivity contribution in [2.24, 2.45) is 5.41 Å². The third-order valence-corrected chi connectivity index (χ3v) is 4.87. The normalized spacial score (nSPS) is 16.4. The third kappa shape index (κ3) is 4.41. The molecule has 1 aromatic carbocycles. The molecule has 0 spiro atoms. The minimum atomic E-state index is -0.828. The number of para-hydroxylation sites is 1. The van der Waals surface area contributed by atoms with E-state index >= 15 is 0 Å². The average molecular weight is 354 g/mol. The Kier molecular flexibility index (Phi) is 6.49. The molecule has 0 bridgehead atoms. The molecule has 2 N–H and O–H groups in total. The molecule has 132 valence electrons. The molecule has 0 saturated heterocycles. The number of ether oxygens (including phenoxy) is 1. The minimum absolute atomic E-state index is 0.117. The zero-order valence-electron chi connectivity index (χ0n) is 13.9. The van der Waals surface area contributed by atoms with E-state index in [-0.39, 0.29) is 18.9 Å². The molecule has 1 fully saturated rings. The first kappa shape index (κ1) is 18.6. The fraction of sp³-hybridized carbons (Fsp3) is 0.556. The van der Waals surface area contributed by atoms with Crippen molar-refractivity contribution in [1.82, 2.24) is 5.32 Å². The topological polar surface area (TPSA) is 75.6 Å². The van der Waals surface area contributed by atoms with E-state index in [0.717, 1.165) is 19.3 Å². The van der Waals surface area contributed by atoms with E-state index in [0.29, 0.717) is 35.8 Å². The summed E-state index contributed by atoms with van der Waals surface area (Å²) in [5.74, 6) is -0.521. The summed E-state index contributed by atoms with van der Waals surface area (Å²) in [5, 5.41) is 12.8. The van der Waals surface area contributed by atoms with Crippen LogP contribution in [0.2, 0.25) is 5.02 Å².